The van der Waals surface area contributed by atoms with Crippen molar-refractivity contribution in [3.8, 4) is 17.2 Å². The Morgan fingerprint density at radius 1 is 1.11 bits per heavy atom. The fourth-order valence-electron chi connectivity index (χ4n) is 4.07. The molecular weight excluding hydrogens is 350 g/mol. The minimum Gasteiger partial charge on any atom is -0.493 e. The second-order valence-electron chi connectivity index (χ2n) is 7.01. The number of carbonyl (C=O) groups is 1. The molecule has 0 radical (unpaired) electrons. The van der Waals surface area contributed by atoms with E-state index in [-0.39, 0.29) is 24.3 Å². The van der Waals surface area contributed by atoms with Crippen LogP contribution in [0.1, 0.15) is 24.8 Å². The monoisotopic (exact) mass is 377 g/mol. The van der Waals surface area contributed by atoms with Gasteiger partial charge >= 0.3 is 5.97 Å². The van der Waals surface area contributed by atoms with Crippen LogP contribution in [-0.4, -0.2) is 68.6 Å². The third kappa shape index (κ3) is 4.04. The summed E-state index contributed by atoms with van der Waals surface area (Å²) >= 11 is 0. The SMILES string of the molecule is COc1cc(/C=C/C(=O)O[C@H]2C[C@@H]3C[C@H](O)C[C@H]2N3C)cc(OC)c1OC. The highest BCUT2D eigenvalue weighted by Crippen LogP contribution is 2.39. The fourth-order valence-corrected chi connectivity index (χ4v) is 4.07. The van der Waals surface area contributed by atoms with Crippen molar-refractivity contribution in [1.82, 2.24) is 4.90 Å². The minimum atomic E-state index is -0.399. The number of benzene rings is 1. The van der Waals surface area contributed by atoms with Crippen molar-refractivity contribution in [3.63, 3.8) is 0 Å². The van der Waals surface area contributed by atoms with Crippen LogP contribution in [0.25, 0.3) is 6.08 Å². The Bertz CT molecular complexity index is 693. The van der Waals surface area contributed by atoms with E-state index in [9.17, 15) is 9.90 Å². The van der Waals surface area contributed by atoms with Crippen LogP contribution in [0.3, 0.4) is 0 Å². The third-order valence-electron chi connectivity index (χ3n) is 5.46. The summed E-state index contributed by atoms with van der Waals surface area (Å²) in [5, 5.41) is 9.94. The zero-order chi connectivity index (χ0) is 19.6. The summed E-state index contributed by atoms with van der Waals surface area (Å²) in [6, 6.07) is 3.88. The van der Waals surface area contributed by atoms with Gasteiger partial charge < -0.3 is 24.1 Å². The Balaban J connectivity index is 1.68. The maximum absolute atomic E-state index is 12.3. The number of carbonyl (C=O) groups excluding carboxylic acids is 1. The van der Waals surface area contributed by atoms with E-state index in [2.05, 4.69) is 4.90 Å². The van der Waals surface area contributed by atoms with E-state index < -0.39 is 5.97 Å². The van der Waals surface area contributed by atoms with Crippen molar-refractivity contribution >= 4 is 12.0 Å². The average Bonchev–Trinajstić information content (AvgIpc) is 2.83. The van der Waals surface area contributed by atoms with Crippen molar-refractivity contribution in [2.45, 2.75) is 43.6 Å². The number of aliphatic hydroxyl groups excluding tert-OH is 1. The molecule has 0 spiro atoms. The number of hydrogen-bond donors (Lipinski definition) is 1. The predicted octanol–water partition coefficient (Wildman–Crippen LogP) is 1.86. The molecule has 2 heterocycles. The lowest BCUT2D eigenvalue weighted by Gasteiger charge is -2.34. The summed E-state index contributed by atoms with van der Waals surface area (Å²) in [7, 11) is 6.66. The molecule has 0 amide bonds. The molecule has 1 aromatic rings. The first kappa shape index (κ1) is 19.5. The average molecular weight is 377 g/mol. The molecule has 7 heteroatoms. The van der Waals surface area contributed by atoms with Gasteiger partial charge in [0.25, 0.3) is 0 Å². The quantitative estimate of drug-likeness (QED) is 0.599. The van der Waals surface area contributed by atoms with Crippen LogP contribution in [0.15, 0.2) is 18.2 Å². The molecule has 4 atom stereocenters. The van der Waals surface area contributed by atoms with Gasteiger partial charge in [0.2, 0.25) is 5.75 Å². The number of ether oxygens (including phenoxy) is 4. The molecule has 1 aromatic carbocycles. The van der Waals surface area contributed by atoms with Gasteiger partial charge in [-0.1, -0.05) is 0 Å². The number of fused-ring (bicyclic) bond motifs is 2. The first-order chi connectivity index (χ1) is 13.0. The summed E-state index contributed by atoms with van der Waals surface area (Å²) in [5.41, 5.74) is 0.735. The lowest BCUT2D eigenvalue weighted by molar-refractivity contribution is -0.144. The highest BCUT2D eigenvalue weighted by Gasteiger charge is 2.46. The topological polar surface area (TPSA) is 77.5 Å². The molecule has 0 unspecified atom stereocenters. The van der Waals surface area contributed by atoms with Gasteiger partial charge in [-0.3, -0.25) is 4.90 Å². The molecule has 2 fully saturated rings. The fraction of sp³-hybridized carbons (Fsp3) is 0.550. The lowest BCUT2D eigenvalue weighted by atomic mass is 10.0. The van der Waals surface area contributed by atoms with Crippen LogP contribution < -0.4 is 14.2 Å². The van der Waals surface area contributed by atoms with Gasteiger partial charge in [-0.2, -0.15) is 0 Å². The molecule has 0 saturated carbocycles. The van der Waals surface area contributed by atoms with Crippen LogP contribution >= 0.6 is 0 Å². The minimum absolute atomic E-state index is 0.0808. The number of rotatable bonds is 6. The van der Waals surface area contributed by atoms with E-state index in [1.807, 2.05) is 7.05 Å². The first-order valence-electron chi connectivity index (χ1n) is 9.05. The van der Waals surface area contributed by atoms with Gasteiger partial charge in [0.1, 0.15) is 6.10 Å². The second kappa shape index (κ2) is 8.19. The third-order valence-corrected chi connectivity index (χ3v) is 5.46. The van der Waals surface area contributed by atoms with Crippen LogP contribution in [0.4, 0.5) is 0 Å². The van der Waals surface area contributed by atoms with E-state index in [1.165, 1.54) is 6.08 Å². The van der Waals surface area contributed by atoms with Crippen LogP contribution in [0.2, 0.25) is 0 Å². The molecule has 0 aliphatic carbocycles. The van der Waals surface area contributed by atoms with Gasteiger partial charge in [0.15, 0.2) is 11.5 Å². The van der Waals surface area contributed by atoms with Crippen LogP contribution in [0.5, 0.6) is 17.2 Å². The number of esters is 1. The van der Waals surface area contributed by atoms with Gasteiger partial charge in [0, 0.05) is 24.6 Å². The van der Waals surface area contributed by atoms with Crippen molar-refractivity contribution in [2.75, 3.05) is 28.4 Å². The standard InChI is InChI=1S/C20H27NO6/c1-21-13-9-14(22)11-15(21)16(10-13)27-19(23)6-5-12-7-17(24-2)20(26-4)18(8-12)25-3/h5-8,13-16,22H,9-11H2,1-4H3/b6-5+/t13-,14-,15+,16-/m0/s1. The Morgan fingerprint density at radius 3 is 2.37 bits per heavy atom. The van der Waals surface area contributed by atoms with E-state index in [1.54, 1.807) is 39.5 Å². The van der Waals surface area contributed by atoms with Gasteiger partial charge in [-0.25, -0.2) is 4.79 Å². The number of piperidine rings is 1. The summed E-state index contributed by atoms with van der Waals surface area (Å²) < 4.78 is 21.6. The van der Waals surface area contributed by atoms with E-state index in [4.69, 9.17) is 18.9 Å². The molecule has 2 bridgehead atoms. The van der Waals surface area contributed by atoms with Crippen LogP contribution in [-0.2, 0) is 9.53 Å². The number of methoxy groups -OCH3 is 3. The molecule has 0 aromatic heterocycles. The highest BCUT2D eigenvalue weighted by molar-refractivity contribution is 5.87. The molecular formula is C20H27NO6. The Labute approximate surface area is 159 Å². The molecule has 1 N–H and O–H groups in total. The second-order valence-corrected chi connectivity index (χ2v) is 7.01. The predicted molar refractivity (Wildman–Crippen MR) is 100 cm³/mol. The number of nitrogens with zero attached hydrogens (tertiary/aromatic N) is 1. The van der Waals surface area contributed by atoms with E-state index >= 15 is 0 Å². The van der Waals surface area contributed by atoms with Crippen molar-refractivity contribution in [2.24, 2.45) is 0 Å². The van der Waals surface area contributed by atoms with Crippen molar-refractivity contribution < 1.29 is 28.8 Å². The summed E-state index contributed by atoms with van der Waals surface area (Å²) in [5.74, 6) is 1.14. The largest absolute Gasteiger partial charge is 0.493 e. The molecule has 148 valence electrons. The molecule has 3 rings (SSSR count). The van der Waals surface area contributed by atoms with Gasteiger partial charge in [0.05, 0.1) is 27.4 Å². The van der Waals surface area contributed by atoms with E-state index in [0.29, 0.717) is 23.7 Å². The Kier molecular flexibility index (Phi) is 5.92. The number of hydrogen-bond acceptors (Lipinski definition) is 7. The highest BCUT2D eigenvalue weighted by atomic mass is 16.5. The summed E-state index contributed by atoms with van der Waals surface area (Å²) in [6.07, 6.45) is 4.71. The van der Waals surface area contributed by atoms with Crippen molar-refractivity contribution in [1.29, 1.82) is 0 Å². The Hall–Kier alpha value is -2.25. The molecule has 7 nitrogen and oxygen atoms in total. The van der Waals surface area contributed by atoms with Gasteiger partial charge in [-0.15, -0.1) is 0 Å². The number of likely N-dealkylation sites (N-methyl/N-ethyl adjacent to an activating group) is 1. The molecule has 2 aliphatic rings. The normalized spacial score (nSPS) is 27.6. The maximum Gasteiger partial charge on any atom is 0.331 e. The Morgan fingerprint density at radius 2 is 1.78 bits per heavy atom. The molecule has 2 saturated heterocycles. The summed E-state index contributed by atoms with van der Waals surface area (Å²) in [4.78, 5) is 14.5. The first-order valence-corrected chi connectivity index (χ1v) is 9.05. The number of aliphatic hydroxyl groups is 1. The maximum atomic E-state index is 12.3. The van der Waals surface area contributed by atoms with E-state index in [0.717, 1.165) is 18.4 Å². The van der Waals surface area contributed by atoms with Crippen LogP contribution in [0, 0.1) is 0 Å². The van der Waals surface area contributed by atoms with Crippen molar-refractivity contribution in [3.05, 3.63) is 23.8 Å². The zero-order valence-electron chi connectivity index (χ0n) is 16.2. The molecule has 2 aliphatic heterocycles. The smallest absolute Gasteiger partial charge is 0.331 e. The lowest BCUT2D eigenvalue weighted by Crippen LogP contribution is -2.44. The summed E-state index contributed by atoms with van der Waals surface area (Å²) in [6.45, 7) is 0. The molecule has 27 heavy (non-hydrogen) atoms. The van der Waals surface area contributed by atoms with Gasteiger partial charge in [-0.05, 0) is 43.7 Å². The zero-order valence-corrected chi connectivity index (χ0v) is 16.2.